The second kappa shape index (κ2) is 6.27. The number of aromatic nitrogens is 2. The minimum atomic E-state index is -3.87. The van der Waals surface area contributed by atoms with Crippen LogP contribution in [0.1, 0.15) is 22.3 Å². The molecule has 21 heavy (non-hydrogen) atoms. The monoisotopic (exact) mass is 365 g/mol. The van der Waals surface area contributed by atoms with Gasteiger partial charge in [-0.1, -0.05) is 23.0 Å². The van der Waals surface area contributed by atoms with Crippen LogP contribution < -0.4 is 5.32 Å². The Kier molecular flexibility index (Phi) is 4.82. The number of carbonyl (C=O) groups is 1. The first-order valence-electron chi connectivity index (χ1n) is 5.69. The van der Waals surface area contributed by atoms with E-state index >= 15 is 0 Å². The molecule has 1 aromatic carbocycles. The minimum Gasteiger partial charge on any atom is -0.320 e. The minimum absolute atomic E-state index is 0.0700. The zero-order chi connectivity index (χ0) is 15.6. The summed E-state index contributed by atoms with van der Waals surface area (Å²) in [7, 11) is 1.35. The first kappa shape index (κ1) is 16.2. The van der Waals surface area contributed by atoms with Gasteiger partial charge in [-0.15, -0.1) is 5.10 Å². The average molecular weight is 366 g/mol. The van der Waals surface area contributed by atoms with E-state index < -0.39 is 15.0 Å². The van der Waals surface area contributed by atoms with Crippen LogP contribution in [-0.2, 0) is 15.5 Å². The highest BCUT2D eigenvalue weighted by Crippen LogP contribution is 2.27. The molecule has 0 fully saturated rings. The van der Waals surface area contributed by atoms with Crippen LogP contribution in [0, 0.1) is 0 Å². The predicted molar refractivity (Wildman–Crippen MR) is 81.7 cm³/mol. The molecule has 0 atom stereocenters. The van der Waals surface area contributed by atoms with Gasteiger partial charge in [0, 0.05) is 10.7 Å². The lowest BCUT2D eigenvalue weighted by atomic mass is 10.2. The molecule has 0 saturated heterocycles. The summed E-state index contributed by atoms with van der Waals surface area (Å²) in [6, 6.07) is 3.80. The van der Waals surface area contributed by atoms with Crippen LogP contribution in [-0.4, -0.2) is 23.9 Å². The van der Waals surface area contributed by atoms with Gasteiger partial charge < -0.3 is 5.32 Å². The summed E-state index contributed by atoms with van der Waals surface area (Å²) in [5, 5.41) is 6.50. The second-order valence-corrected chi connectivity index (χ2v) is 7.66. The molecule has 112 valence electrons. The van der Waals surface area contributed by atoms with Crippen LogP contribution in [0.2, 0.25) is 5.02 Å². The molecule has 0 aliphatic rings. The Labute approximate surface area is 134 Å². The fourth-order valence-electron chi connectivity index (χ4n) is 1.54. The predicted octanol–water partition coefficient (Wildman–Crippen LogP) is 2.93. The molecular formula is C11H9Cl2N3O3S2. The van der Waals surface area contributed by atoms with E-state index in [-0.39, 0.29) is 15.6 Å². The van der Waals surface area contributed by atoms with Gasteiger partial charge in [-0.05, 0) is 36.2 Å². The van der Waals surface area contributed by atoms with Crippen LogP contribution in [0.25, 0.3) is 0 Å². The summed E-state index contributed by atoms with van der Waals surface area (Å²) >= 11 is 6.93. The van der Waals surface area contributed by atoms with Crippen molar-refractivity contribution in [1.82, 2.24) is 9.59 Å². The summed E-state index contributed by atoms with van der Waals surface area (Å²) in [5.41, 5.74) is 0.870. The zero-order valence-electron chi connectivity index (χ0n) is 10.6. The molecule has 1 heterocycles. The smallest absolute Gasteiger partial charge is 0.269 e. The Hall–Kier alpha value is -1.22. The number of halogens is 2. The largest absolute Gasteiger partial charge is 0.320 e. The topological polar surface area (TPSA) is 89.0 Å². The lowest BCUT2D eigenvalue weighted by molar-refractivity contribution is 0.102. The molecule has 0 aliphatic carbocycles. The number of benzene rings is 1. The molecule has 0 bridgehead atoms. The fraction of sp³-hybridized carbons (Fsp3) is 0.182. The highest BCUT2D eigenvalue weighted by atomic mass is 35.7. The molecule has 0 aliphatic heterocycles. The van der Waals surface area contributed by atoms with Gasteiger partial charge in [-0.25, -0.2) is 8.42 Å². The fourth-order valence-corrected chi connectivity index (χ4v) is 3.26. The van der Waals surface area contributed by atoms with Gasteiger partial charge in [0.05, 0.1) is 21.3 Å². The lowest BCUT2D eigenvalue weighted by Crippen LogP contribution is -2.12. The van der Waals surface area contributed by atoms with Crippen LogP contribution >= 0.6 is 33.8 Å². The van der Waals surface area contributed by atoms with E-state index in [1.165, 1.54) is 18.2 Å². The number of hydrogen-bond donors (Lipinski definition) is 1. The Morgan fingerprint density at radius 1 is 1.43 bits per heavy atom. The van der Waals surface area contributed by atoms with Gasteiger partial charge in [0.15, 0.2) is 0 Å². The maximum atomic E-state index is 12.1. The van der Waals surface area contributed by atoms with Crippen LogP contribution in [0.3, 0.4) is 0 Å². The van der Waals surface area contributed by atoms with Crippen molar-refractivity contribution in [2.45, 2.75) is 18.2 Å². The molecule has 1 aromatic heterocycles. The third kappa shape index (κ3) is 3.70. The Morgan fingerprint density at radius 2 is 2.14 bits per heavy atom. The first-order chi connectivity index (χ1) is 9.82. The number of rotatable bonds is 4. The lowest BCUT2D eigenvalue weighted by Gasteiger charge is -2.07. The van der Waals surface area contributed by atoms with E-state index in [4.69, 9.17) is 22.3 Å². The van der Waals surface area contributed by atoms with Gasteiger partial charge in [0.25, 0.3) is 15.0 Å². The van der Waals surface area contributed by atoms with Gasteiger partial charge in [0.2, 0.25) is 0 Å². The second-order valence-electron chi connectivity index (χ2n) is 3.94. The van der Waals surface area contributed by atoms with E-state index in [1.807, 2.05) is 6.92 Å². The first-order valence-corrected chi connectivity index (χ1v) is 9.15. The molecule has 2 rings (SSSR count). The van der Waals surface area contributed by atoms with Gasteiger partial charge >= 0.3 is 0 Å². The summed E-state index contributed by atoms with van der Waals surface area (Å²) in [5.74, 6) is -0.398. The van der Waals surface area contributed by atoms with Crippen LogP contribution in [0.15, 0.2) is 23.1 Å². The molecule has 6 nitrogen and oxygen atoms in total. The summed E-state index contributed by atoms with van der Waals surface area (Å²) < 4.78 is 26.1. The highest BCUT2D eigenvalue weighted by Gasteiger charge is 2.17. The molecule has 2 aromatic rings. The number of amides is 1. The van der Waals surface area contributed by atoms with Gasteiger partial charge in [-0.2, -0.15) is 0 Å². The van der Waals surface area contributed by atoms with E-state index in [0.717, 1.165) is 11.5 Å². The molecule has 0 unspecified atom stereocenters. The van der Waals surface area contributed by atoms with Crippen molar-refractivity contribution in [3.8, 4) is 0 Å². The van der Waals surface area contributed by atoms with Gasteiger partial charge in [-0.3, -0.25) is 4.79 Å². The average Bonchev–Trinajstić information content (AvgIpc) is 2.88. The number of aryl methyl sites for hydroxylation is 1. The van der Waals surface area contributed by atoms with Crippen molar-refractivity contribution in [3.05, 3.63) is 33.8 Å². The maximum Gasteiger partial charge on any atom is 0.269 e. The summed E-state index contributed by atoms with van der Waals surface area (Å²) in [6.45, 7) is 1.86. The zero-order valence-corrected chi connectivity index (χ0v) is 13.8. The van der Waals surface area contributed by atoms with Crippen molar-refractivity contribution in [2.75, 3.05) is 5.32 Å². The van der Waals surface area contributed by atoms with Crippen molar-refractivity contribution in [2.24, 2.45) is 0 Å². The highest BCUT2D eigenvalue weighted by molar-refractivity contribution is 8.13. The number of anilines is 1. The van der Waals surface area contributed by atoms with Crippen LogP contribution in [0.5, 0.6) is 0 Å². The molecule has 0 saturated carbocycles. The number of carbonyl (C=O) groups excluding carboxylic acids is 1. The molecule has 0 radical (unpaired) electrons. The molecule has 1 N–H and O–H groups in total. The number of hydrogen-bond acceptors (Lipinski definition) is 6. The molecule has 10 heteroatoms. The Bertz CT molecular complexity index is 790. The van der Waals surface area contributed by atoms with E-state index in [9.17, 15) is 13.2 Å². The SMILES string of the molecule is CCc1nnsc1C(=O)Nc1ccc(S(=O)(=O)Cl)cc1Cl. The van der Waals surface area contributed by atoms with Crippen molar-refractivity contribution in [3.63, 3.8) is 0 Å². The summed E-state index contributed by atoms with van der Waals surface area (Å²) in [4.78, 5) is 12.4. The van der Waals surface area contributed by atoms with E-state index in [1.54, 1.807) is 0 Å². The number of nitrogens with one attached hydrogen (secondary N) is 1. The van der Waals surface area contributed by atoms with Gasteiger partial charge in [0.1, 0.15) is 4.88 Å². The van der Waals surface area contributed by atoms with Crippen molar-refractivity contribution >= 4 is 54.5 Å². The molecule has 0 spiro atoms. The third-order valence-corrected chi connectivity index (χ3v) is 5.00. The van der Waals surface area contributed by atoms with Crippen molar-refractivity contribution < 1.29 is 13.2 Å². The van der Waals surface area contributed by atoms with Crippen LogP contribution in [0.4, 0.5) is 5.69 Å². The van der Waals surface area contributed by atoms with Crippen molar-refractivity contribution in [1.29, 1.82) is 0 Å². The number of nitrogens with zero attached hydrogens (tertiary/aromatic N) is 2. The van der Waals surface area contributed by atoms with E-state index in [2.05, 4.69) is 14.9 Å². The summed E-state index contributed by atoms with van der Waals surface area (Å²) in [6.07, 6.45) is 0.580. The Morgan fingerprint density at radius 3 is 2.71 bits per heavy atom. The molecular weight excluding hydrogens is 357 g/mol. The van der Waals surface area contributed by atoms with E-state index in [0.29, 0.717) is 17.0 Å². The third-order valence-electron chi connectivity index (χ3n) is 2.57. The standard InChI is InChI=1S/C11H9Cl2N3O3S2/c1-2-8-10(20-16-15-8)11(17)14-9-4-3-6(5-7(9)12)21(13,18)19/h3-5H,2H2,1H3,(H,14,17). The maximum absolute atomic E-state index is 12.1. The molecule has 1 amide bonds. The quantitative estimate of drug-likeness (QED) is 0.841. The Balaban J connectivity index is 2.26. The normalized spacial score (nSPS) is 11.4.